The van der Waals surface area contributed by atoms with Gasteiger partial charge in [-0.3, -0.25) is 14.9 Å². The van der Waals surface area contributed by atoms with E-state index >= 15 is 0 Å². The van der Waals surface area contributed by atoms with Gasteiger partial charge in [-0.15, -0.1) is 0 Å². The minimum Gasteiger partial charge on any atom is -0.342 e. The highest BCUT2D eigenvalue weighted by atomic mass is 35.5. The minimum absolute atomic E-state index is 0.118. The van der Waals surface area contributed by atoms with E-state index in [1.165, 1.54) is 6.08 Å². The highest BCUT2D eigenvalue weighted by Crippen LogP contribution is 2.27. The summed E-state index contributed by atoms with van der Waals surface area (Å²) in [6, 6.07) is 23.3. The van der Waals surface area contributed by atoms with Crippen LogP contribution in [-0.2, 0) is 16.1 Å². The van der Waals surface area contributed by atoms with Crippen LogP contribution in [0.5, 0.6) is 0 Å². The van der Waals surface area contributed by atoms with Crippen LogP contribution in [0.15, 0.2) is 90.6 Å². The van der Waals surface area contributed by atoms with Crippen LogP contribution in [0, 0.1) is 0 Å². The summed E-state index contributed by atoms with van der Waals surface area (Å²) >= 11 is 5.93. The first kappa shape index (κ1) is 20.7. The van der Waals surface area contributed by atoms with Gasteiger partial charge in [0.2, 0.25) is 0 Å². The summed E-state index contributed by atoms with van der Waals surface area (Å²) in [7, 11) is 0. The Kier molecular flexibility index (Phi) is 5.28. The molecular weight excluding hydrogens is 438 g/mol. The average Bonchev–Trinajstić information content (AvgIpc) is 3.16. The number of amides is 4. The lowest BCUT2D eigenvalue weighted by Crippen LogP contribution is -2.54. The molecule has 1 fully saturated rings. The van der Waals surface area contributed by atoms with Crippen molar-refractivity contribution >= 4 is 52.1 Å². The summed E-state index contributed by atoms with van der Waals surface area (Å²) in [5.41, 5.74) is 3.02. The lowest BCUT2D eigenvalue weighted by atomic mass is 10.1. The molecule has 7 heteroatoms. The molecule has 4 aromatic rings. The number of benzene rings is 3. The monoisotopic (exact) mass is 455 g/mol. The predicted octanol–water partition coefficient (Wildman–Crippen LogP) is 5.01. The van der Waals surface area contributed by atoms with Gasteiger partial charge >= 0.3 is 6.03 Å². The number of carbonyl (C=O) groups is 3. The van der Waals surface area contributed by atoms with E-state index in [0.29, 0.717) is 22.8 Å². The van der Waals surface area contributed by atoms with E-state index in [-0.39, 0.29) is 5.57 Å². The average molecular weight is 456 g/mol. The van der Waals surface area contributed by atoms with Crippen LogP contribution in [0.4, 0.5) is 10.5 Å². The van der Waals surface area contributed by atoms with Crippen molar-refractivity contribution in [1.29, 1.82) is 0 Å². The number of urea groups is 1. The van der Waals surface area contributed by atoms with Gasteiger partial charge in [-0.05, 0) is 42.0 Å². The number of imide groups is 2. The number of halogens is 1. The van der Waals surface area contributed by atoms with E-state index < -0.39 is 17.8 Å². The fourth-order valence-corrected chi connectivity index (χ4v) is 4.06. The Morgan fingerprint density at radius 3 is 2.30 bits per heavy atom. The molecule has 6 nitrogen and oxygen atoms in total. The predicted molar refractivity (Wildman–Crippen MR) is 128 cm³/mol. The Labute approximate surface area is 194 Å². The Morgan fingerprint density at radius 2 is 1.55 bits per heavy atom. The summed E-state index contributed by atoms with van der Waals surface area (Å²) in [5, 5.41) is 3.63. The fourth-order valence-electron chi connectivity index (χ4n) is 3.94. The first-order valence-electron chi connectivity index (χ1n) is 10.3. The van der Waals surface area contributed by atoms with E-state index in [0.717, 1.165) is 21.4 Å². The molecule has 5 rings (SSSR count). The molecule has 1 aliphatic heterocycles. The van der Waals surface area contributed by atoms with Crippen LogP contribution in [0.25, 0.3) is 17.0 Å². The van der Waals surface area contributed by atoms with Gasteiger partial charge in [-0.25, -0.2) is 9.69 Å². The zero-order valence-corrected chi connectivity index (χ0v) is 18.1. The van der Waals surface area contributed by atoms with Crippen molar-refractivity contribution in [3.63, 3.8) is 0 Å². The number of barbiturate groups is 1. The normalized spacial score (nSPS) is 15.4. The molecule has 162 valence electrons. The van der Waals surface area contributed by atoms with Crippen molar-refractivity contribution in [3.05, 3.63) is 107 Å². The van der Waals surface area contributed by atoms with E-state index in [1.807, 2.05) is 60.8 Å². The zero-order chi connectivity index (χ0) is 22.9. The molecule has 4 amide bonds. The molecule has 0 saturated carbocycles. The molecule has 0 bridgehead atoms. The number of rotatable bonds is 4. The van der Waals surface area contributed by atoms with Crippen molar-refractivity contribution in [2.75, 3.05) is 4.90 Å². The van der Waals surface area contributed by atoms with Crippen molar-refractivity contribution in [2.24, 2.45) is 0 Å². The number of nitrogens with zero attached hydrogens (tertiary/aromatic N) is 2. The van der Waals surface area contributed by atoms with Crippen LogP contribution in [-0.4, -0.2) is 22.4 Å². The quantitative estimate of drug-likeness (QED) is 0.347. The minimum atomic E-state index is -0.795. The molecule has 0 radical (unpaired) electrons. The Morgan fingerprint density at radius 1 is 0.848 bits per heavy atom. The smallest absolute Gasteiger partial charge is 0.335 e. The lowest BCUT2D eigenvalue weighted by molar-refractivity contribution is -0.122. The first-order chi connectivity index (χ1) is 16.0. The molecule has 3 aromatic carbocycles. The van der Waals surface area contributed by atoms with Crippen LogP contribution in [0.2, 0.25) is 5.02 Å². The van der Waals surface area contributed by atoms with Gasteiger partial charge in [0.15, 0.2) is 0 Å². The molecule has 0 aliphatic carbocycles. The van der Waals surface area contributed by atoms with E-state index in [9.17, 15) is 14.4 Å². The molecule has 1 aromatic heterocycles. The van der Waals surface area contributed by atoms with Crippen LogP contribution >= 0.6 is 11.6 Å². The largest absolute Gasteiger partial charge is 0.342 e. The second kappa shape index (κ2) is 8.41. The van der Waals surface area contributed by atoms with Gasteiger partial charge in [0.05, 0.1) is 5.69 Å². The number of hydrogen-bond acceptors (Lipinski definition) is 3. The van der Waals surface area contributed by atoms with E-state index in [2.05, 4.69) is 9.88 Å². The summed E-state index contributed by atoms with van der Waals surface area (Å²) < 4.78 is 2.07. The number of para-hydroxylation sites is 1. The van der Waals surface area contributed by atoms with Crippen molar-refractivity contribution in [1.82, 2.24) is 9.88 Å². The standard InChI is InChI=1S/C26H18ClN3O3/c27-19-10-12-20(13-11-19)30-25(32)22(24(31)28-26(30)33)14-18-16-29(15-17-6-2-1-3-7-17)23-9-5-4-8-21(18)23/h1-14,16H,15H2,(H,28,31,33)/b22-14-. The molecule has 2 heterocycles. The second-order valence-electron chi connectivity index (χ2n) is 7.65. The van der Waals surface area contributed by atoms with Crippen LogP contribution < -0.4 is 10.2 Å². The number of fused-ring (bicyclic) bond motifs is 1. The first-order valence-corrected chi connectivity index (χ1v) is 10.7. The van der Waals surface area contributed by atoms with Crippen molar-refractivity contribution in [3.8, 4) is 0 Å². The number of carbonyl (C=O) groups excluding carboxylic acids is 3. The third-order valence-electron chi connectivity index (χ3n) is 5.50. The SMILES string of the molecule is O=C1NC(=O)N(c2ccc(Cl)cc2)C(=O)/C1=C\c1cn(Cc2ccccc2)c2ccccc12. The summed E-state index contributed by atoms with van der Waals surface area (Å²) in [6.45, 7) is 0.639. The number of aromatic nitrogens is 1. The van der Waals surface area contributed by atoms with Crippen molar-refractivity contribution in [2.45, 2.75) is 6.54 Å². The number of hydrogen-bond donors (Lipinski definition) is 1. The maximum absolute atomic E-state index is 13.2. The molecule has 1 N–H and O–H groups in total. The second-order valence-corrected chi connectivity index (χ2v) is 8.09. The lowest BCUT2D eigenvalue weighted by Gasteiger charge is -2.26. The Bertz CT molecular complexity index is 1420. The highest BCUT2D eigenvalue weighted by Gasteiger charge is 2.37. The fraction of sp³-hybridized carbons (Fsp3) is 0.0385. The van der Waals surface area contributed by atoms with Crippen LogP contribution in [0.3, 0.4) is 0 Å². The molecule has 0 atom stereocenters. The Balaban J connectivity index is 1.57. The molecule has 0 unspecified atom stereocenters. The molecule has 0 spiro atoms. The van der Waals surface area contributed by atoms with E-state index in [4.69, 9.17) is 11.6 Å². The number of nitrogens with one attached hydrogen (secondary N) is 1. The maximum Gasteiger partial charge on any atom is 0.335 e. The summed E-state index contributed by atoms with van der Waals surface area (Å²) in [4.78, 5) is 39.2. The van der Waals surface area contributed by atoms with Crippen LogP contribution in [0.1, 0.15) is 11.1 Å². The third-order valence-corrected chi connectivity index (χ3v) is 5.75. The zero-order valence-electron chi connectivity index (χ0n) is 17.4. The molecule has 1 aliphatic rings. The van der Waals surface area contributed by atoms with Crippen molar-refractivity contribution < 1.29 is 14.4 Å². The molecule has 33 heavy (non-hydrogen) atoms. The Hall–Kier alpha value is -4.16. The highest BCUT2D eigenvalue weighted by molar-refractivity contribution is 6.39. The molecule has 1 saturated heterocycles. The van der Waals surface area contributed by atoms with Gasteiger partial charge in [0, 0.05) is 34.2 Å². The van der Waals surface area contributed by atoms with Gasteiger partial charge in [0.1, 0.15) is 5.57 Å². The van der Waals surface area contributed by atoms with Gasteiger partial charge in [0.25, 0.3) is 11.8 Å². The van der Waals surface area contributed by atoms with E-state index in [1.54, 1.807) is 24.3 Å². The maximum atomic E-state index is 13.2. The summed E-state index contributed by atoms with van der Waals surface area (Å²) in [6.07, 6.45) is 3.45. The van der Waals surface area contributed by atoms with Gasteiger partial charge < -0.3 is 4.57 Å². The topological polar surface area (TPSA) is 71.4 Å². The number of anilines is 1. The molecular formula is C26H18ClN3O3. The van der Waals surface area contributed by atoms with Gasteiger partial charge in [-0.1, -0.05) is 60.1 Å². The third kappa shape index (κ3) is 3.92. The summed E-state index contributed by atoms with van der Waals surface area (Å²) in [5.74, 6) is -1.42. The van der Waals surface area contributed by atoms with Gasteiger partial charge in [-0.2, -0.15) is 0 Å².